The van der Waals surface area contributed by atoms with Crippen LogP contribution in [0.4, 0.5) is 0 Å². The molecule has 0 saturated heterocycles. The van der Waals surface area contributed by atoms with Crippen LogP contribution in [0, 0.1) is 0 Å². The molecule has 0 heterocycles. The number of aliphatic carboxylic acids is 1. The average Bonchev–Trinajstić information content (AvgIpc) is 3.06. The van der Waals surface area contributed by atoms with Gasteiger partial charge in [0.15, 0.2) is 12.1 Å². The van der Waals surface area contributed by atoms with Crippen molar-refractivity contribution in [3.05, 3.63) is 24.3 Å². The maximum atomic E-state index is 12.6. The van der Waals surface area contributed by atoms with E-state index in [0.29, 0.717) is 19.3 Å². The summed E-state index contributed by atoms with van der Waals surface area (Å²) in [6.45, 7) is 4.66. The van der Waals surface area contributed by atoms with E-state index in [1.165, 1.54) is 89.9 Å². The second kappa shape index (κ2) is 33.9. The summed E-state index contributed by atoms with van der Waals surface area (Å²) in [7, 11) is 5.51. The molecule has 0 radical (unpaired) electrons. The van der Waals surface area contributed by atoms with Gasteiger partial charge in [0.2, 0.25) is 0 Å². The first-order valence-corrected chi connectivity index (χ1v) is 20.4. The van der Waals surface area contributed by atoms with Gasteiger partial charge in [-0.05, 0) is 32.1 Å². The number of hydrogen-bond acceptors (Lipinski definition) is 6. The first-order valence-electron chi connectivity index (χ1n) is 20.4. The zero-order valence-electron chi connectivity index (χ0n) is 33.1. The lowest BCUT2D eigenvalue weighted by atomic mass is 10.0. The molecule has 0 fully saturated rings. The highest BCUT2D eigenvalue weighted by molar-refractivity contribution is 5.72. The normalized spacial score (nSPS) is 13.2. The first kappa shape index (κ1) is 47.8. The van der Waals surface area contributed by atoms with Crippen LogP contribution in [0.3, 0.4) is 0 Å². The molecule has 2 atom stereocenters. The largest absolute Gasteiger partial charge is 0.477 e. The zero-order valence-corrected chi connectivity index (χ0v) is 33.1. The van der Waals surface area contributed by atoms with E-state index in [0.717, 1.165) is 51.4 Å². The molecule has 8 nitrogen and oxygen atoms in total. The lowest BCUT2D eigenvalue weighted by molar-refractivity contribution is -0.887. The van der Waals surface area contributed by atoms with Crippen molar-refractivity contribution in [2.45, 2.75) is 187 Å². The van der Waals surface area contributed by atoms with Crippen LogP contribution in [0.2, 0.25) is 0 Å². The molecule has 0 aromatic carbocycles. The minimum absolute atomic E-state index is 0.0536. The predicted molar refractivity (Wildman–Crippen MR) is 206 cm³/mol. The number of esters is 2. The van der Waals surface area contributed by atoms with Crippen LogP contribution in [0.1, 0.15) is 174 Å². The number of carboxylic acid groups (broad SMARTS) is 1. The van der Waals surface area contributed by atoms with Crippen LogP contribution in [0.15, 0.2) is 24.3 Å². The second-order valence-corrected chi connectivity index (χ2v) is 14.9. The summed E-state index contributed by atoms with van der Waals surface area (Å²) in [5, 5.41) is 9.58. The Kier molecular flexibility index (Phi) is 32.4. The predicted octanol–water partition coefficient (Wildman–Crippen LogP) is 10.5. The summed E-state index contributed by atoms with van der Waals surface area (Å²) in [6, 6.07) is -0.615. The van der Waals surface area contributed by atoms with Gasteiger partial charge in [0.25, 0.3) is 0 Å². The number of carbonyl (C=O) groups is 3. The molecule has 0 saturated carbocycles. The Morgan fingerprint density at radius 2 is 1.06 bits per heavy atom. The third kappa shape index (κ3) is 31.8. The van der Waals surface area contributed by atoms with Crippen molar-refractivity contribution < 1.29 is 38.2 Å². The van der Waals surface area contributed by atoms with Crippen molar-refractivity contribution in [1.82, 2.24) is 0 Å². The number of nitrogens with zero attached hydrogens (tertiary/aromatic N) is 1. The summed E-state index contributed by atoms with van der Waals surface area (Å²) in [4.78, 5) is 36.8. The van der Waals surface area contributed by atoms with E-state index in [-0.39, 0.29) is 36.2 Å². The molecule has 0 amide bonds. The lowest BCUT2D eigenvalue weighted by Crippen LogP contribution is -2.50. The Balaban J connectivity index is 4.38. The smallest absolute Gasteiger partial charge is 0.362 e. The Morgan fingerprint density at radius 3 is 1.56 bits per heavy atom. The second-order valence-electron chi connectivity index (χ2n) is 14.9. The van der Waals surface area contributed by atoms with Gasteiger partial charge in [-0.15, -0.1) is 0 Å². The average molecular weight is 709 g/mol. The van der Waals surface area contributed by atoms with Crippen LogP contribution >= 0.6 is 0 Å². The van der Waals surface area contributed by atoms with E-state index in [4.69, 9.17) is 14.2 Å². The van der Waals surface area contributed by atoms with Crippen LogP contribution in [-0.4, -0.2) is 80.6 Å². The van der Waals surface area contributed by atoms with Crippen molar-refractivity contribution >= 4 is 17.9 Å². The van der Waals surface area contributed by atoms with Crippen molar-refractivity contribution in [2.75, 3.05) is 41.0 Å². The molecular weight excluding hydrogens is 630 g/mol. The quantitative estimate of drug-likeness (QED) is 0.0299. The number of likely N-dealkylation sites (N-methyl/N-ethyl adjacent to an activating group) is 1. The Hall–Kier alpha value is -2.19. The number of carboxylic acids is 1. The Bertz CT molecular complexity index is 880. The number of rotatable bonds is 36. The van der Waals surface area contributed by atoms with Crippen LogP contribution in [-0.2, 0) is 28.6 Å². The zero-order chi connectivity index (χ0) is 37.1. The third-order valence-corrected chi connectivity index (χ3v) is 9.13. The number of ether oxygens (including phenoxy) is 3. The van der Waals surface area contributed by atoms with E-state index in [9.17, 15) is 19.5 Å². The SMILES string of the molecule is CCCC/C=C/C=C/CCCCCC(=O)OC(COCCC(C(=O)O)[N+](C)(C)C)COC(=O)CCCCCCCCCCCCCCCCC. The van der Waals surface area contributed by atoms with Gasteiger partial charge in [-0.1, -0.05) is 147 Å². The molecule has 0 spiro atoms. The monoisotopic (exact) mass is 709 g/mol. The molecule has 2 unspecified atom stereocenters. The first-order chi connectivity index (χ1) is 24.1. The molecule has 0 rings (SSSR count). The van der Waals surface area contributed by atoms with Gasteiger partial charge >= 0.3 is 17.9 Å². The van der Waals surface area contributed by atoms with Gasteiger partial charge in [0, 0.05) is 19.3 Å². The molecule has 50 heavy (non-hydrogen) atoms. The van der Waals surface area contributed by atoms with Gasteiger partial charge in [0.05, 0.1) is 34.4 Å². The molecule has 0 aromatic rings. The van der Waals surface area contributed by atoms with Crippen molar-refractivity contribution in [2.24, 2.45) is 0 Å². The van der Waals surface area contributed by atoms with E-state index < -0.39 is 18.1 Å². The van der Waals surface area contributed by atoms with Gasteiger partial charge < -0.3 is 23.8 Å². The number of unbranched alkanes of at least 4 members (excludes halogenated alkanes) is 19. The van der Waals surface area contributed by atoms with Crippen LogP contribution in [0.5, 0.6) is 0 Å². The summed E-state index contributed by atoms with van der Waals surface area (Å²) < 4.78 is 17.2. The molecule has 1 N–H and O–H groups in total. The maximum absolute atomic E-state index is 12.6. The molecule has 0 aliphatic heterocycles. The van der Waals surface area contributed by atoms with Crippen LogP contribution < -0.4 is 0 Å². The minimum atomic E-state index is -0.879. The van der Waals surface area contributed by atoms with Gasteiger partial charge in [-0.2, -0.15) is 0 Å². The fourth-order valence-corrected chi connectivity index (χ4v) is 5.89. The number of carbonyl (C=O) groups excluding carboxylic acids is 2. The molecular formula is C42H78NO7+. The summed E-state index contributed by atoms with van der Waals surface area (Å²) in [5.41, 5.74) is 0. The fourth-order valence-electron chi connectivity index (χ4n) is 5.89. The molecule has 0 aliphatic rings. The fraction of sp³-hybridized carbons (Fsp3) is 0.833. The van der Waals surface area contributed by atoms with E-state index >= 15 is 0 Å². The summed E-state index contributed by atoms with van der Waals surface area (Å²) >= 11 is 0. The number of hydrogen-bond donors (Lipinski definition) is 1. The topological polar surface area (TPSA) is 99.1 Å². The molecule has 0 aromatic heterocycles. The molecule has 8 heteroatoms. The highest BCUT2D eigenvalue weighted by Crippen LogP contribution is 2.15. The van der Waals surface area contributed by atoms with Gasteiger partial charge in [-0.25, -0.2) is 4.79 Å². The van der Waals surface area contributed by atoms with Crippen molar-refractivity contribution in [3.8, 4) is 0 Å². The van der Waals surface area contributed by atoms with Crippen molar-refractivity contribution in [1.29, 1.82) is 0 Å². The minimum Gasteiger partial charge on any atom is -0.477 e. The molecule has 292 valence electrons. The molecule has 0 bridgehead atoms. The van der Waals surface area contributed by atoms with Crippen LogP contribution in [0.25, 0.3) is 0 Å². The third-order valence-electron chi connectivity index (χ3n) is 9.13. The van der Waals surface area contributed by atoms with E-state index in [2.05, 4.69) is 38.2 Å². The van der Waals surface area contributed by atoms with Gasteiger partial charge in [0.1, 0.15) is 6.61 Å². The number of allylic oxidation sites excluding steroid dienone is 4. The Morgan fingerprint density at radius 1 is 0.600 bits per heavy atom. The van der Waals surface area contributed by atoms with Gasteiger partial charge in [-0.3, -0.25) is 9.59 Å². The summed E-state index contributed by atoms with van der Waals surface area (Å²) in [5.74, 6) is -1.50. The van der Waals surface area contributed by atoms with E-state index in [1.807, 2.05) is 21.1 Å². The number of quaternary nitrogens is 1. The molecule has 0 aliphatic carbocycles. The highest BCUT2D eigenvalue weighted by Gasteiger charge is 2.31. The lowest BCUT2D eigenvalue weighted by Gasteiger charge is -2.31. The highest BCUT2D eigenvalue weighted by atomic mass is 16.6. The summed E-state index contributed by atoms with van der Waals surface area (Å²) in [6.07, 6.45) is 35.0. The maximum Gasteiger partial charge on any atom is 0.362 e. The van der Waals surface area contributed by atoms with Crippen molar-refractivity contribution in [3.63, 3.8) is 0 Å². The standard InChI is InChI=1S/C42H77NO7/c1-6-8-10-12-14-16-18-19-20-21-23-24-26-28-30-32-40(44)49-37-38(36-48-35-34-39(42(46)47)43(3,4)5)50-41(45)33-31-29-27-25-22-17-15-13-11-9-7-2/h13,15,17,22,38-39H,6-12,14,16,18-21,23-37H2,1-5H3/p+1/b15-13+,22-17+. The van der Waals surface area contributed by atoms with E-state index in [1.54, 1.807) is 0 Å². The Labute approximate surface area is 307 Å².